The van der Waals surface area contributed by atoms with Gasteiger partial charge in [0.25, 0.3) is 0 Å². The molecule has 0 amide bonds. The van der Waals surface area contributed by atoms with Crippen LogP contribution < -0.4 is 5.32 Å². The highest BCUT2D eigenvalue weighted by Gasteiger charge is 2.06. The van der Waals surface area contributed by atoms with Gasteiger partial charge in [-0.3, -0.25) is 0 Å². The summed E-state index contributed by atoms with van der Waals surface area (Å²) in [7, 11) is 1.94. The van der Waals surface area contributed by atoms with Gasteiger partial charge in [-0.2, -0.15) is 16.7 Å². The molecule has 0 unspecified atom stereocenters. The lowest BCUT2D eigenvalue weighted by Gasteiger charge is -1.99. The van der Waals surface area contributed by atoms with Crippen molar-refractivity contribution in [3.05, 3.63) is 11.7 Å². The highest BCUT2D eigenvalue weighted by Crippen LogP contribution is 2.15. The third kappa shape index (κ3) is 5.18. The number of nitrogens with zero attached hydrogens (tertiary/aromatic N) is 2. The fourth-order valence-corrected chi connectivity index (χ4v) is 1.71. The minimum atomic E-state index is 0.608. The first-order valence-corrected chi connectivity index (χ1v) is 6.35. The number of hydrogen-bond acceptors (Lipinski definition) is 5. The van der Waals surface area contributed by atoms with E-state index < -0.39 is 0 Å². The van der Waals surface area contributed by atoms with Gasteiger partial charge in [0.15, 0.2) is 5.82 Å². The quantitative estimate of drug-likeness (QED) is 0.723. The molecule has 0 atom stereocenters. The van der Waals surface area contributed by atoms with Gasteiger partial charge in [-0.05, 0) is 25.3 Å². The monoisotopic (exact) mass is 229 g/mol. The summed E-state index contributed by atoms with van der Waals surface area (Å²) in [6.45, 7) is 5.32. The molecule has 0 aromatic carbocycles. The molecule has 0 aliphatic carbocycles. The molecule has 0 spiro atoms. The number of rotatable bonds is 7. The first-order chi connectivity index (χ1) is 7.22. The minimum absolute atomic E-state index is 0.608. The molecule has 15 heavy (non-hydrogen) atoms. The fourth-order valence-electron chi connectivity index (χ4n) is 1.11. The van der Waals surface area contributed by atoms with Gasteiger partial charge in [0.1, 0.15) is 0 Å². The molecule has 5 heteroatoms. The van der Waals surface area contributed by atoms with E-state index in [9.17, 15) is 0 Å². The summed E-state index contributed by atoms with van der Waals surface area (Å²) in [5, 5.41) is 7.64. The van der Waals surface area contributed by atoms with Crippen molar-refractivity contribution in [1.29, 1.82) is 0 Å². The van der Waals surface area contributed by atoms with Gasteiger partial charge >= 0.3 is 0 Å². The number of thioether (sulfide) groups is 1. The maximum atomic E-state index is 5.14. The van der Waals surface area contributed by atoms with E-state index in [0.717, 1.165) is 36.9 Å². The standard InChI is InChI=1S/C10H19N3OS/c1-8(2)15-7-9-12-10(14-13-9)5-4-6-11-3/h8,11H,4-7H2,1-3H3. The molecule has 0 aliphatic rings. The van der Waals surface area contributed by atoms with Gasteiger partial charge in [-0.1, -0.05) is 19.0 Å². The summed E-state index contributed by atoms with van der Waals surface area (Å²) in [4.78, 5) is 4.33. The van der Waals surface area contributed by atoms with Crippen LogP contribution in [0.5, 0.6) is 0 Å². The molecule has 0 saturated carbocycles. The van der Waals surface area contributed by atoms with E-state index in [1.54, 1.807) is 0 Å². The highest BCUT2D eigenvalue weighted by molar-refractivity contribution is 7.99. The predicted octanol–water partition coefficient (Wildman–Crippen LogP) is 1.86. The molecule has 0 fully saturated rings. The van der Waals surface area contributed by atoms with Gasteiger partial charge in [0.05, 0.1) is 5.75 Å². The maximum absolute atomic E-state index is 5.14. The largest absolute Gasteiger partial charge is 0.339 e. The lowest BCUT2D eigenvalue weighted by atomic mass is 10.3. The molecule has 0 radical (unpaired) electrons. The van der Waals surface area contributed by atoms with Crippen LogP contribution in [0.25, 0.3) is 0 Å². The van der Waals surface area contributed by atoms with Crippen molar-refractivity contribution in [2.24, 2.45) is 0 Å². The molecule has 1 heterocycles. The second-order valence-electron chi connectivity index (χ2n) is 3.67. The van der Waals surface area contributed by atoms with Crippen LogP contribution in [0.3, 0.4) is 0 Å². The smallest absolute Gasteiger partial charge is 0.226 e. The number of hydrogen-bond donors (Lipinski definition) is 1. The lowest BCUT2D eigenvalue weighted by Crippen LogP contribution is -2.08. The molecule has 0 aliphatic heterocycles. The zero-order chi connectivity index (χ0) is 11.1. The van der Waals surface area contributed by atoms with Crippen molar-refractivity contribution >= 4 is 11.8 Å². The molecular formula is C10H19N3OS. The summed E-state index contributed by atoms with van der Waals surface area (Å²) in [5.41, 5.74) is 0. The average molecular weight is 229 g/mol. The third-order valence-electron chi connectivity index (χ3n) is 1.87. The lowest BCUT2D eigenvalue weighted by molar-refractivity contribution is 0.371. The number of aryl methyl sites for hydroxylation is 1. The molecule has 1 rings (SSSR count). The van der Waals surface area contributed by atoms with Gasteiger partial charge in [-0.15, -0.1) is 0 Å². The fraction of sp³-hybridized carbons (Fsp3) is 0.800. The Hall–Kier alpha value is -0.550. The van der Waals surface area contributed by atoms with Crippen LogP contribution in [-0.4, -0.2) is 29.0 Å². The van der Waals surface area contributed by atoms with Crippen LogP contribution in [0, 0.1) is 0 Å². The average Bonchev–Trinajstić information content (AvgIpc) is 2.63. The Morgan fingerprint density at radius 2 is 2.27 bits per heavy atom. The van der Waals surface area contributed by atoms with Crippen LogP contribution in [0.15, 0.2) is 4.52 Å². The summed E-state index contributed by atoms with van der Waals surface area (Å²) < 4.78 is 5.14. The number of nitrogens with one attached hydrogen (secondary N) is 1. The van der Waals surface area contributed by atoms with Crippen LogP contribution in [0.4, 0.5) is 0 Å². The minimum Gasteiger partial charge on any atom is -0.339 e. The van der Waals surface area contributed by atoms with Crippen LogP contribution in [0.2, 0.25) is 0 Å². The van der Waals surface area contributed by atoms with Gasteiger partial charge in [0, 0.05) is 6.42 Å². The van der Waals surface area contributed by atoms with E-state index >= 15 is 0 Å². The maximum Gasteiger partial charge on any atom is 0.226 e. The van der Waals surface area contributed by atoms with E-state index in [1.807, 2.05) is 18.8 Å². The van der Waals surface area contributed by atoms with Crippen LogP contribution in [0.1, 0.15) is 32.0 Å². The van der Waals surface area contributed by atoms with Crippen LogP contribution >= 0.6 is 11.8 Å². The highest BCUT2D eigenvalue weighted by atomic mass is 32.2. The van der Waals surface area contributed by atoms with Crippen LogP contribution in [-0.2, 0) is 12.2 Å². The van der Waals surface area contributed by atoms with Crippen molar-refractivity contribution < 1.29 is 4.52 Å². The van der Waals surface area contributed by atoms with Gasteiger partial charge < -0.3 is 9.84 Å². The van der Waals surface area contributed by atoms with E-state index in [1.165, 1.54) is 0 Å². The first kappa shape index (κ1) is 12.5. The van der Waals surface area contributed by atoms with Crippen molar-refractivity contribution in [1.82, 2.24) is 15.5 Å². The van der Waals surface area contributed by atoms with Gasteiger partial charge in [0.2, 0.25) is 5.89 Å². The first-order valence-electron chi connectivity index (χ1n) is 5.30. The molecule has 1 N–H and O–H groups in total. The summed E-state index contributed by atoms with van der Waals surface area (Å²) in [6, 6.07) is 0. The molecule has 86 valence electrons. The van der Waals surface area contributed by atoms with Crippen molar-refractivity contribution in [2.45, 2.75) is 37.7 Å². The Balaban J connectivity index is 2.29. The molecule has 0 bridgehead atoms. The Labute approximate surface area is 95.2 Å². The van der Waals surface area contributed by atoms with Crippen molar-refractivity contribution in [2.75, 3.05) is 13.6 Å². The Morgan fingerprint density at radius 3 is 2.93 bits per heavy atom. The third-order valence-corrected chi connectivity index (χ3v) is 2.96. The van der Waals surface area contributed by atoms with E-state index in [2.05, 4.69) is 29.3 Å². The normalized spacial score (nSPS) is 11.2. The molecular weight excluding hydrogens is 210 g/mol. The molecule has 1 aromatic rings. The summed E-state index contributed by atoms with van der Waals surface area (Å²) >= 11 is 1.83. The van der Waals surface area contributed by atoms with Crippen molar-refractivity contribution in [3.63, 3.8) is 0 Å². The zero-order valence-corrected chi connectivity index (χ0v) is 10.4. The second kappa shape index (κ2) is 6.85. The Bertz CT molecular complexity index is 275. The second-order valence-corrected chi connectivity index (χ2v) is 5.24. The topological polar surface area (TPSA) is 51.0 Å². The predicted molar refractivity (Wildman–Crippen MR) is 63.0 cm³/mol. The Kier molecular flexibility index (Phi) is 5.71. The van der Waals surface area contributed by atoms with Crippen molar-refractivity contribution in [3.8, 4) is 0 Å². The molecule has 1 aromatic heterocycles. The van der Waals surface area contributed by atoms with Gasteiger partial charge in [-0.25, -0.2) is 0 Å². The summed E-state index contributed by atoms with van der Waals surface area (Å²) in [5.74, 6) is 2.41. The van der Waals surface area contributed by atoms with E-state index in [-0.39, 0.29) is 0 Å². The zero-order valence-electron chi connectivity index (χ0n) is 9.62. The Morgan fingerprint density at radius 1 is 1.47 bits per heavy atom. The van der Waals surface area contributed by atoms with E-state index in [4.69, 9.17) is 4.52 Å². The summed E-state index contributed by atoms with van der Waals surface area (Å²) in [6.07, 6.45) is 1.90. The number of aromatic nitrogens is 2. The molecule has 4 nitrogen and oxygen atoms in total. The SMILES string of the molecule is CNCCCc1nc(CSC(C)C)no1. The molecule has 0 saturated heterocycles. The van der Waals surface area contributed by atoms with E-state index in [0.29, 0.717) is 5.25 Å².